The van der Waals surface area contributed by atoms with E-state index in [4.69, 9.17) is 4.74 Å². The minimum atomic E-state index is 0.181. The van der Waals surface area contributed by atoms with Crippen LogP contribution in [0.1, 0.15) is 38.7 Å². The van der Waals surface area contributed by atoms with Crippen molar-refractivity contribution in [1.82, 2.24) is 19.5 Å². The first-order valence-corrected chi connectivity index (χ1v) is 10.7. The minimum absolute atomic E-state index is 0.181. The number of ether oxygens (including phenoxy) is 1. The summed E-state index contributed by atoms with van der Waals surface area (Å²) in [6.07, 6.45) is 3.36. The van der Waals surface area contributed by atoms with Crippen molar-refractivity contribution in [2.45, 2.75) is 57.3 Å². The third-order valence-electron chi connectivity index (χ3n) is 5.64. The summed E-state index contributed by atoms with van der Waals surface area (Å²) in [7, 11) is 1.67. The van der Waals surface area contributed by atoms with E-state index in [1.807, 2.05) is 34.4 Å². The van der Waals surface area contributed by atoms with Crippen molar-refractivity contribution in [3.63, 3.8) is 0 Å². The second-order valence-electron chi connectivity index (χ2n) is 7.61. The molecule has 1 amide bonds. The number of nitrogens with zero attached hydrogens (tertiary/aromatic N) is 4. The van der Waals surface area contributed by atoms with Crippen LogP contribution in [0, 0.1) is 6.92 Å². The van der Waals surface area contributed by atoms with Gasteiger partial charge in [0.25, 0.3) is 0 Å². The van der Waals surface area contributed by atoms with Gasteiger partial charge < -0.3 is 9.64 Å². The van der Waals surface area contributed by atoms with Gasteiger partial charge in [-0.15, -0.1) is 10.2 Å². The summed E-state index contributed by atoms with van der Waals surface area (Å²) in [4.78, 5) is 14.9. The van der Waals surface area contributed by atoms with E-state index >= 15 is 0 Å². The number of piperidine rings is 1. The summed E-state index contributed by atoms with van der Waals surface area (Å²) in [5, 5.41) is 10.6. The fraction of sp³-hybridized carbons (Fsp3) is 0.476. The van der Waals surface area contributed by atoms with E-state index in [1.165, 1.54) is 18.2 Å². The van der Waals surface area contributed by atoms with Crippen LogP contribution in [0.5, 0.6) is 5.75 Å². The van der Waals surface area contributed by atoms with Gasteiger partial charge in [0.2, 0.25) is 5.91 Å². The fourth-order valence-electron chi connectivity index (χ4n) is 4.23. The Morgan fingerprint density at radius 3 is 2.68 bits per heavy atom. The third-order valence-corrected chi connectivity index (χ3v) is 6.55. The number of fused-ring (bicyclic) bond motifs is 3. The Balaban J connectivity index is 1.65. The second kappa shape index (κ2) is 7.62. The SMILES string of the molecule is COc1ccc2c(c1)cc(C)c1nnc(SCC(=O)N3[C@H](C)CCC[C@@H]3C)n12. The number of pyridine rings is 1. The van der Waals surface area contributed by atoms with Crippen molar-refractivity contribution in [2.75, 3.05) is 12.9 Å². The molecule has 0 N–H and O–H groups in total. The van der Waals surface area contributed by atoms with E-state index in [2.05, 4.69) is 30.1 Å². The van der Waals surface area contributed by atoms with E-state index < -0.39 is 0 Å². The Bertz CT molecular complexity index is 1020. The van der Waals surface area contributed by atoms with E-state index in [0.29, 0.717) is 17.8 Å². The number of carbonyl (C=O) groups excluding carboxylic acids is 1. The molecule has 1 saturated heterocycles. The Hall–Kier alpha value is -2.28. The molecule has 1 aromatic carbocycles. The number of aromatic nitrogens is 3. The van der Waals surface area contributed by atoms with E-state index in [9.17, 15) is 4.79 Å². The maximum atomic E-state index is 12.9. The van der Waals surface area contributed by atoms with Crippen molar-refractivity contribution >= 4 is 34.2 Å². The summed E-state index contributed by atoms with van der Waals surface area (Å²) in [6, 6.07) is 8.68. The lowest BCUT2D eigenvalue weighted by atomic mass is 9.98. The van der Waals surface area contributed by atoms with Gasteiger partial charge >= 0.3 is 0 Å². The number of amides is 1. The van der Waals surface area contributed by atoms with Crippen LogP contribution in [0.3, 0.4) is 0 Å². The predicted octanol–water partition coefficient (Wildman–Crippen LogP) is 4.08. The van der Waals surface area contributed by atoms with Crippen LogP contribution in [-0.2, 0) is 4.79 Å². The molecule has 1 aliphatic heterocycles. The van der Waals surface area contributed by atoms with E-state index in [-0.39, 0.29) is 5.91 Å². The Labute approximate surface area is 169 Å². The Morgan fingerprint density at radius 1 is 1.21 bits per heavy atom. The van der Waals surface area contributed by atoms with Gasteiger partial charge in [0, 0.05) is 17.5 Å². The highest BCUT2D eigenvalue weighted by molar-refractivity contribution is 7.99. The average Bonchev–Trinajstić information content (AvgIpc) is 3.10. The predicted molar refractivity (Wildman–Crippen MR) is 112 cm³/mol. The van der Waals surface area contributed by atoms with Crippen LogP contribution in [-0.4, -0.2) is 50.4 Å². The monoisotopic (exact) mass is 398 g/mol. The molecule has 0 aliphatic carbocycles. The Morgan fingerprint density at radius 2 is 1.96 bits per heavy atom. The number of carbonyl (C=O) groups is 1. The molecule has 1 fully saturated rings. The number of rotatable bonds is 4. The molecular weight excluding hydrogens is 372 g/mol. The first kappa shape index (κ1) is 19.1. The Kier molecular flexibility index (Phi) is 5.19. The highest BCUT2D eigenvalue weighted by Gasteiger charge is 2.29. The van der Waals surface area contributed by atoms with Crippen molar-refractivity contribution in [1.29, 1.82) is 0 Å². The zero-order chi connectivity index (χ0) is 19.8. The number of aryl methyl sites for hydroxylation is 1. The van der Waals surface area contributed by atoms with Crippen LogP contribution in [0.4, 0.5) is 0 Å². The molecule has 1 aliphatic rings. The normalized spacial score (nSPS) is 20.1. The van der Waals surface area contributed by atoms with Crippen LogP contribution in [0.2, 0.25) is 0 Å². The summed E-state index contributed by atoms with van der Waals surface area (Å²) < 4.78 is 7.40. The van der Waals surface area contributed by atoms with Gasteiger partial charge in [0.1, 0.15) is 5.75 Å². The molecule has 6 nitrogen and oxygen atoms in total. The minimum Gasteiger partial charge on any atom is -0.497 e. The van der Waals surface area contributed by atoms with Gasteiger partial charge in [-0.2, -0.15) is 0 Å². The summed E-state index contributed by atoms with van der Waals surface area (Å²) in [6.45, 7) is 6.32. The zero-order valence-electron chi connectivity index (χ0n) is 16.8. The summed E-state index contributed by atoms with van der Waals surface area (Å²) in [5.74, 6) is 1.37. The van der Waals surface area contributed by atoms with Crippen molar-refractivity contribution < 1.29 is 9.53 Å². The summed E-state index contributed by atoms with van der Waals surface area (Å²) in [5.41, 5.74) is 2.89. The molecule has 0 saturated carbocycles. The molecule has 3 aromatic rings. The zero-order valence-corrected chi connectivity index (χ0v) is 17.6. The molecule has 4 rings (SSSR count). The van der Waals surface area contributed by atoms with Gasteiger partial charge in [-0.1, -0.05) is 11.8 Å². The number of methoxy groups -OCH3 is 1. The van der Waals surface area contributed by atoms with Crippen LogP contribution in [0.15, 0.2) is 29.4 Å². The van der Waals surface area contributed by atoms with Crippen molar-refractivity contribution in [3.8, 4) is 5.75 Å². The van der Waals surface area contributed by atoms with Gasteiger partial charge in [0.05, 0.1) is 18.4 Å². The maximum Gasteiger partial charge on any atom is 0.233 e. The molecule has 28 heavy (non-hydrogen) atoms. The molecule has 2 atom stereocenters. The number of thioether (sulfide) groups is 1. The highest BCUT2D eigenvalue weighted by Crippen LogP contribution is 2.29. The molecule has 2 aromatic heterocycles. The van der Waals surface area contributed by atoms with Crippen LogP contribution >= 0.6 is 11.8 Å². The number of hydrogen-bond donors (Lipinski definition) is 0. The lowest BCUT2D eigenvalue weighted by Gasteiger charge is -2.39. The first-order chi connectivity index (χ1) is 13.5. The lowest BCUT2D eigenvalue weighted by molar-refractivity contribution is -0.134. The van der Waals surface area contributed by atoms with Crippen molar-refractivity contribution in [3.05, 3.63) is 29.8 Å². The van der Waals surface area contributed by atoms with Gasteiger partial charge in [0.15, 0.2) is 10.8 Å². The first-order valence-electron chi connectivity index (χ1n) is 9.76. The molecule has 0 spiro atoms. The molecular formula is C21H26N4O2S. The second-order valence-corrected chi connectivity index (χ2v) is 8.55. The highest BCUT2D eigenvalue weighted by atomic mass is 32.2. The van der Waals surface area contributed by atoms with E-state index in [1.54, 1.807) is 7.11 Å². The quantitative estimate of drug-likeness (QED) is 0.620. The van der Waals surface area contributed by atoms with Crippen LogP contribution in [0.25, 0.3) is 16.6 Å². The summed E-state index contributed by atoms with van der Waals surface area (Å²) >= 11 is 1.46. The third kappa shape index (κ3) is 3.32. The van der Waals surface area contributed by atoms with Gasteiger partial charge in [-0.3, -0.25) is 9.20 Å². The molecule has 148 valence electrons. The standard InChI is InChI=1S/C21H26N4O2S/c1-13-10-16-11-17(27-4)8-9-18(16)25-20(13)22-23-21(25)28-12-19(26)24-14(2)6-5-7-15(24)3/h8-11,14-15H,5-7,12H2,1-4H3/t14-,15+. The average molecular weight is 399 g/mol. The number of benzene rings is 1. The largest absolute Gasteiger partial charge is 0.497 e. The molecule has 3 heterocycles. The molecule has 7 heteroatoms. The number of hydrogen-bond acceptors (Lipinski definition) is 5. The fourth-order valence-corrected chi connectivity index (χ4v) is 5.04. The molecule has 0 radical (unpaired) electrons. The van der Waals surface area contributed by atoms with Gasteiger partial charge in [-0.05, 0) is 69.9 Å². The maximum absolute atomic E-state index is 12.9. The van der Waals surface area contributed by atoms with E-state index in [0.717, 1.165) is 45.9 Å². The smallest absolute Gasteiger partial charge is 0.233 e. The van der Waals surface area contributed by atoms with Crippen LogP contribution < -0.4 is 4.74 Å². The topological polar surface area (TPSA) is 59.7 Å². The lowest BCUT2D eigenvalue weighted by Crippen LogP contribution is -2.48. The van der Waals surface area contributed by atoms with Crippen molar-refractivity contribution in [2.24, 2.45) is 0 Å². The molecule has 0 bridgehead atoms. The number of likely N-dealkylation sites (tertiary alicyclic amines) is 1. The molecule has 0 unspecified atom stereocenters. The van der Waals surface area contributed by atoms with Gasteiger partial charge in [-0.25, -0.2) is 0 Å².